The largest absolute Gasteiger partial charge is 0.497 e. The average Bonchev–Trinajstić information content (AvgIpc) is 3.03. The van der Waals surface area contributed by atoms with E-state index >= 15 is 0 Å². The van der Waals surface area contributed by atoms with Gasteiger partial charge in [-0.25, -0.2) is 4.98 Å². The molecule has 0 unspecified atom stereocenters. The third-order valence-corrected chi connectivity index (χ3v) is 6.22. The molecule has 0 aliphatic rings. The highest BCUT2D eigenvalue weighted by molar-refractivity contribution is 5.78. The number of benzene rings is 3. The summed E-state index contributed by atoms with van der Waals surface area (Å²) in [6.45, 7) is 0. The van der Waals surface area contributed by atoms with Gasteiger partial charge in [-0.2, -0.15) is 0 Å². The Labute approximate surface area is 238 Å². The molecule has 0 radical (unpaired) electrons. The molecule has 0 amide bonds. The van der Waals surface area contributed by atoms with E-state index in [-0.39, 0.29) is 0 Å². The van der Waals surface area contributed by atoms with E-state index in [0.29, 0.717) is 28.9 Å². The molecule has 7 nitrogen and oxygen atoms in total. The average molecular weight is 539 g/mol. The van der Waals surface area contributed by atoms with Gasteiger partial charge in [0.05, 0.1) is 24.7 Å². The maximum atomic E-state index is 6.39. The van der Waals surface area contributed by atoms with Crippen LogP contribution >= 0.6 is 0 Å². The van der Waals surface area contributed by atoms with Gasteiger partial charge in [-0.1, -0.05) is 42.5 Å². The van der Waals surface area contributed by atoms with Crippen molar-refractivity contribution in [1.82, 2.24) is 15.0 Å². The summed E-state index contributed by atoms with van der Waals surface area (Å²) in [5.41, 5.74) is 4.37. The topological polar surface area (TPSA) is 69.6 Å². The summed E-state index contributed by atoms with van der Waals surface area (Å²) >= 11 is 0. The number of ether oxygens (including phenoxy) is 3. The number of aromatic nitrogens is 3. The Hall–Kier alpha value is -5.69. The van der Waals surface area contributed by atoms with Crippen molar-refractivity contribution in [2.45, 2.75) is 0 Å². The maximum Gasteiger partial charge on any atom is 0.219 e. The quantitative estimate of drug-likeness (QED) is 0.182. The van der Waals surface area contributed by atoms with Crippen LogP contribution in [0.4, 0.5) is 17.1 Å². The Morgan fingerprint density at radius 3 is 1.93 bits per heavy atom. The summed E-state index contributed by atoms with van der Waals surface area (Å²) in [5, 5.41) is 0. The van der Waals surface area contributed by atoms with Gasteiger partial charge >= 0.3 is 0 Å². The number of para-hydroxylation sites is 2. The molecule has 7 heteroatoms. The van der Waals surface area contributed by atoms with E-state index in [2.05, 4.69) is 44.1 Å². The van der Waals surface area contributed by atoms with Crippen molar-refractivity contribution in [3.05, 3.63) is 140 Å². The van der Waals surface area contributed by atoms with Crippen molar-refractivity contribution < 1.29 is 14.2 Å². The van der Waals surface area contributed by atoms with Crippen molar-refractivity contribution in [3.8, 4) is 40.1 Å². The molecule has 200 valence electrons. The number of anilines is 3. The smallest absolute Gasteiger partial charge is 0.219 e. The summed E-state index contributed by atoms with van der Waals surface area (Å²) in [5.74, 6) is 2.90. The third-order valence-electron chi connectivity index (χ3n) is 6.22. The molecule has 0 fully saturated rings. The maximum absolute atomic E-state index is 6.39. The van der Waals surface area contributed by atoms with E-state index in [1.165, 1.54) is 0 Å². The number of hydrogen-bond donors (Lipinski definition) is 0. The molecule has 0 aliphatic carbocycles. The Kier molecular flexibility index (Phi) is 7.49. The first-order chi connectivity index (χ1) is 20.2. The standard InChI is InChI=1S/C34H26N4O3/c1-39-29-15-17-36-33(22-29)25-18-32(24-35-23-25)40-30-19-28(20-31(21-30)41-34-14-8-9-16-37-34)38(26-10-4-2-5-11-26)27-12-6-3-7-13-27/h2-24H,1H3. The van der Waals surface area contributed by atoms with Crippen LogP contribution in [-0.2, 0) is 0 Å². The van der Waals surface area contributed by atoms with Crippen LogP contribution in [0.15, 0.2) is 140 Å². The van der Waals surface area contributed by atoms with Crippen molar-refractivity contribution in [2.75, 3.05) is 12.0 Å². The zero-order chi connectivity index (χ0) is 27.9. The highest BCUT2D eigenvalue weighted by Gasteiger charge is 2.16. The van der Waals surface area contributed by atoms with Crippen LogP contribution in [0.1, 0.15) is 0 Å². The Bertz CT molecular complexity index is 1690. The zero-order valence-electron chi connectivity index (χ0n) is 22.3. The Balaban J connectivity index is 1.42. The van der Waals surface area contributed by atoms with Crippen LogP contribution in [0.25, 0.3) is 11.3 Å². The van der Waals surface area contributed by atoms with Gasteiger partial charge in [-0.3, -0.25) is 9.97 Å². The van der Waals surface area contributed by atoms with E-state index in [9.17, 15) is 0 Å². The first-order valence-electron chi connectivity index (χ1n) is 13.0. The summed E-state index contributed by atoms with van der Waals surface area (Å²) in [6, 6.07) is 37.2. The molecule has 0 bridgehead atoms. The van der Waals surface area contributed by atoms with E-state index in [4.69, 9.17) is 14.2 Å². The van der Waals surface area contributed by atoms with E-state index < -0.39 is 0 Å². The number of rotatable bonds is 9. The van der Waals surface area contributed by atoms with Crippen LogP contribution in [0.2, 0.25) is 0 Å². The summed E-state index contributed by atoms with van der Waals surface area (Å²) in [4.78, 5) is 15.3. The molecule has 6 aromatic rings. The van der Waals surface area contributed by atoms with Crippen molar-refractivity contribution in [3.63, 3.8) is 0 Å². The predicted molar refractivity (Wildman–Crippen MR) is 160 cm³/mol. The molecular weight excluding hydrogens is 512 g/mol. The summed E-state index contributed by atoms with van der Waals surface area (Å²) < 4.78 is 17.9. The molecule has 3 aromatic carbocycles. The predicted octanol–water partition coefficient (Wildman–Crippen LogP) is 8.60. The van der Waals surface area contributed by atoms with E-state index in [1.54, 1.807) is 38.0 Å². The molecule has 0 saturated heterocycles. The molecular formula is C34H26N4O3. The van der Waals surface area contributed by atoms with Crippen molar-refractivity contribution >= 4 is 17.1 Å². The SMILES string of the molecule is COc1ccnc(-c2cncc(Oc3cc(Oc4ccccn4)cc(N(c4ccccc4)c4ccccc4)c3)c2)c1. The zero-order valence-corrected chi connectivity index (χ0v) is 22.3. The van der Waals surface area contributed by atoms with E-state index in [0.717, 1.165) is 28.3 Å². The van der Waals surface area contributed by atoms with Crippen LogP contribution in [0.3, 0.4) is 0 Å². The number of methoxy groups -OCH3 is 1. The van der Waals surface area contributed by atoms with Crippen molar-refractivity contribution in [2.24, 2.45) is 0 Å². The molecule has 0 atom stereocenters. The lowest BCUT2D eigenvalue weighted by molar-refractivity contribution is 0.414. The molecule has 3 heterocycles. The number of pyridine rings is 3. The van der Waals surface area contributed by atoms with Gasteiger partial charge in [0.15, 0.2) is 0 Å². The fraction of sp³-hybridized carbons (Fsp3) is 0.0294. The fourth-order valence-electron chi connectivity index (χ4n) is 4.38. The Morgan fingerprint density at radius 2 is 1.24 bits per heavy atom. The minimum absolute atomic E-state index is 0.481. The normalized spacial score (nSPS) is 10.6. The lowest BCUT2D eigenvalue weighted by atomic mass is 10.1. The summed E-state index contributed by atoms with van der Waals surface area (Å²) in [6.07, 6.45) is 6.81. The molecule has 0 saturated carbocycles. The molecule has 3 aromatic heterocycles. The van der Waals surface area contributed by atoms with Crippen molar-refractivity contribution in [1.29, 1.82) is 0 Å². The monoisotopic (exact) mass is 538 g/mol. The fourth-order valence-corrected chi connectivity index (χ4v) is 4.38. The molecule has 0 spiro atoms. The third kappa shape index (κ3) is 6.15. The second kappa shape index (κ2) is 12.0. The van der Waals surface area contributed by atoms with Crippen LogP contribution in [0, 0.1) is 0 Å². The van der Waals surface area contributed by atoms with Gasteiger partial charge in [0.25, 0.3) is 0 Å². The number of hydrogen-bond acceptors (Lipinski definition) is 7. The Morgan fingerprint density at radius 1 is 0.537 bits per heavy atom. The number of nitrogens with zero attached hydrogens (tertiary/aromatic N) is 4. The van der Waals surface area contributed by atoms with Gasteiger partial charge in [0.1, 0.15) is 23.0 Å². The van der Waals surface area contributed by atoms with Gasteiger partial charge < -0.3 is 19.1 Å². The molecule has 6 rings (SSSR count). The lowest BCUT2D eigenvalue weighted by Crippen LogP contribution is -2.10. The van der Waals surface area contributed by atoms with Gasteiger partial charge in [-0.05, 0) is 42.5 Å². The van der Waals surface area contributed by atoms with E-state index in [1.807, 2.05) is 84.9 Å². The minimum atomic E-state index is 0.481. The minimum Gasteiger partial charge on any atom is -0.497 e. The summed E-state index contributed by atoms with van der Waals surface area (Å²) in [7, 11) is 1.63. The van der Waals surface area contributed by atoms with Gasteiger partial charge in [-0.15, -0.1) is 0 Å². The van der Waals surface area contributed by atoms with Gasteiger partial charge in [0.2, 0.25) is 5.88 Å². The second-order valence-electron chi connectivity index (χ2n) is 9.03. The molecule has 41 heavy (non-hydrogen) atoms. The second-order valence-corrected chi connectivity index (χ2v) is 9.03. The first-order valence-corrected chi connectivity index (χ1v) is 13.0. The highest BCUT2D eigenvalue weighted by atomic mass is 16.5. The highest BCUT2D eigenvalue weighted by Crippen LogP contribution is 2.40. The van der Waals surface area contributed by atoms with Gasteiger partial charge in [0, 0.05) is 65.9 Å². The lowest BCUT2D eigenvalue weighted by Gasteiger charge is -2.26. The molecule has 0 N–H and O–H groups in total. The molecule has 0 aliphatic heterocycles. The first kappa shape index (κ1) is 25.6. The van der Waals surface area contributed by atoms with Crippen LogP contribution < -0.4 is 19.1 Å². The van der Waals surface area contributed by atoms with Crippen LogP contribution in [-0.4, -0.2) is 22.1 Å². The van der Waals surface area contributed by atoms with Crippen LogP contribution in [0.5, 0.6) is 28.9 Å².